The van der Waals surface area contributed by atoms with E-state index in [1.807, 2.05) is 20.8 Å². The van der Waals surface area contributed by atoms with Crippen molar-refractivity contribution in [3.05, 3.63) is 0 Å². The summed E-state index contributed by atoms with van der Waals surface area (Å²) in [4.78, 5) is 14.6. The second-order valence-corrected chi connectivity index (χ2v) is 8.50. The van der Waals surface area contributed by atoms with E-state index >= 15 is 0 Å². The quantitative estimate of drug-likeness (QED) is 0.779. The lowest BCUT2D eigenvalue weighted by molar-refractivity contribution is -0.127. The van der Waals surface area contributed by atoms with Crippen molar-refractivity contribution in [2.75, 3.05) is 26.2 Å². The van der Waals surface area contributed by atoms with Gasteiger partial charge < -0.3 is 20.1 Å². The van der Waals surface area contributed by atoms with E-state index in [0.29, 0.717) is 19.2 Å². The van der Waals surface area contributed by atoms with Gasteiger partial charge in [-0.2, -0.15) is 0 Å². The van der Waals surface area contributed by atoms with E-state index in [-0.39, 0.29) is 17.4 Å². The number of carbonyl (C=O) groups is 1. The fraction of sp³-hybridized carbons (Fsp3) is 0.947. The first-order valence-electron chi connectivity index (χ1n) is 9.68. The fourth-order valence-electron chi connectivity index (χ4n) is 3.64. The third kappa shape index (κ3) is 7.08. The minimum Gasteiger partial charge on any atom is -0.389 e. The number of ether oxygens (including phenoxy) is 1. The number of hydrogen-bond acceptors (Lipinski definition) is 4. The number of likely N-dealkylation sites (tertiary alicyclic amines) is 1. The predicted octanol–water partition coefficient (Wildman–Crippen LogP) is 2.32. The summed E-state index contributed by atoms with van der Waals surface area (Å²) >= 11 is 0. The first-order valence-corrected chi connectivity index (χ1v) is 9.68. The van der Waals surface area contributed by atoms with Crippen LogP contribution in [0, 0.1) is 5.92 Å². The number of rotatable bonds is 6. The molecule has 0 unspecified atom stereocenters. The standard InChI is InChI=1S/C19H36N2O3/c1-19(2,3)24-14-17(22)13-21-11-9-16(10-12-21)20-18(23)15-7-5-4-6-8-15/h15-17,22H,4-14H2,1-3H3,(H,20,23)/t17-/m1/s1. The summed E-state index contributed by atoms with van der Waals surface area (Å²) in [7, 11) is 0. The Morgan fingerprint density at radius 2 is 1.79 bits per heavy atom. The molecule has 1 aliphatic heterocycles. The highest BCUT2D eigenvalue weighted by Gasteiger charge is 2.26. The van der Waals surface area contributed by atoms with Gasteiger partial charge in [-0.25, -0.2) is 0 Å². The highest BCUT2D eigenvalue weighted by Crippen LogP contribution is 2.24. The zero-order chi connectivity index (χ0) is 17.6. The van der Waals surface area contributed by atoms with Gasteiger partial charge in [-0.15, -0.1) is 0 Å². The van der Waals surface area contributed by atoms with Gasteiger partial charge in [0.1, 0.15) is 0 Å². The Morgan fingerprint density at radius 3 is 2.38 bits per heavy atom. The van der Waals surface area contributed by atoms with Gasteiger partial charge in [0, 0.05) is 31.6 Å². The van der Waals surface area contributed by atoms with E-state index in [0.717, 1.165) is 38.8 Å². The molecule has 0 spiro atoms. The first kappa shape index (κ1) is 19.7. The van der Waals surface area contributed by atoms with Crippen LogP contribution >= 0.6 is 0 Å². The molecule has 0 bridgehead atoms. The lowest BCUT2D eigenvalue weighted by Crippen LogP contribution is -2.48. The van der Waals surface area contributed by atoms with Gasteiger partial charge in [0.2, 0.25) is 5.91 Å². The Kier molecular flexibility index (Phi) is 7.51. The molecule has 0 aromatic heterocycles. The summed E-state index contributed by atoms with van der Waals surface area (Å²) in [6.07, 6.45) is 7.31. The predicted molar refractivity (Wildman–Crippen MR) is 95.9 cm³/mol. The number of nitrogens with one attached hydrogen (secondary N) is 1. The number of hydrogen-bond donors (Lipinski definition) is 2. The van der Waals surface area contributed by atoms with Crippen molar-refractivity contribution in [1.29, 1.82) is 0 Å². The third-order valence-corrected chi connectivity index (χ3v) is 5.09. The number of carbonyl (C=O) groups excluding carboxylic acids is 1. The van der Waals surface area contributed by atoms with Crippen molar-refractivity contribution >= 4 is 5.91 Å². The van der Waals surface area contributed by atoms with Crippen LogP contribution in [-0.2, 0) is 9.53 Å². The Labute approximate surface area is 147 Å². The lowest BCUT2D eigenvalue weighted by Gasteiger charge is -2.34. The molecule has 24 heavy (non-hydrogen) atoms. The Hall–Kier alpha value is -0.650. The molecule has 0 aromatic rings. The molecule has 1 saturated heterocycles. The van der Waals surface area contributed by atoms with Crippen molar-refractivity contribution in [1.82, 2.24) is 10.2 Å². The van der Waals surface area contributed by atoms with Gasteiger partial charge in [-0.05, 0) is 46.5 Å². The average molecular weight is 341 g/mol. The van der Waals surface area contributed by atoms with Crippen LogP contribution in [0.1, 0.15) is 65.7 Å². The summed E-state index contributed by atoms with van der Waals surface area (Å²) in [6.45, 7) is 8.90. The van der Waals surface area contributed by atoms with Crippen LogP contribution in [0.5, 0.6) is 0 Å². The molecule has 2 rings (SSSR count). The van der Waals surface area contributed by atoms with Crippen LogP contribution in [0.25, 0.3) is 0 Å². The van der Waals surface area contributed by atoms with E-state index in [1.165, 1.54) is 19.3 Å². The summed E-state index contributed by atoms with van der Waals surface area (Å²) in [5, 5.41) is 13.4. The molecule has 0 radical (unpaired) electrons. The first-order chi connectivity index (χ1) is 11.3. The van der Waals surface area contributed by atoms with Crippen molar-refractivity contribution in [2.24, 2.45) is 5.92 Å². The molecule has 2 aliphatic rings. The molecular weight excluding hydrogens is 304 g/mol. The minimum atomic E-state index is -0.447. The maximum absolute atomic E-state index is 12.3. The molecule has 1 atom stereocenters. The van der Waals surface area contributed by atoms with E-state index in [2.05, 4.69) is 10.2 Å². The SMILES string of the molecule is CC(C)(C)OC[C@H](O)CN1CCC(NC(=O)C2CCCCC2)CC1. The van der Waals surface area contributed by atoms with E-state index in [9.17, 15) is 9.90 Å². The number of piperidine rings is 1. The highest BCUT2D eigenvalue weighted by atomic mass is 16.5. The average Bonchev–Trinajstić information content (AvgIpc) is 2.55. The van der Waals surface area contributed by atoms with Gasteiger partial charge in [0.15, 0.2) is 0 Å². The van der Waals surface area contributed by atoms with Crippen molar-refractivity contribution < 1.29 is 14.6 Å². The molecule has 0 aromatic carbocycles. The molecule has 2 N–H and O–H groups in total. The van der Waals surface area contributed by atoms with Crippen molar-refractivity contribution in [3.63, 3.8) is 0 Å². The van der Waals surface area contributed by atoms with Gasteiger partial charge in [0.25, 0.3) is 0 Å². The third-order valence-electron chi connectivity index (χ3n) is 5.09. The monoisotopic (exact) mass is 340 g/mol. The Morgan fingerprint density at radius 1 is 1.17 bits per heavy atom. The molecular formula is C19H36N2O3. The highest BCUT2D eigenvalue weighted by molar-refractivity contribution is 5.79. The normalized spacial score (nSPS) is 23.2. The maximum atomic E-state index is 12.3. The van der Waals surface area contributed by atoms with Crippen LogP contribution in [0.15, 0.2) is 0 Å². The molecule has 140 valence electrons. The van der Waals surface area contributed by atoms with Crippen LogP contribution in [0.2, 0.25) is 0 Å². The fourth-order valence-corrected chi connectivity index (χ4v) is 3.64. The van der Waals surface area contributed by atoms with Crippen LogP contribution in [0.4, 0.5) is 0 Å². The van der Waals surface area contributed by atoms with Crippen molar-refractivity contribution in [3.8, 4) is 0 Å². The zero-order valence-corrected chi connectivity index (χ0v) is 15.7. The number of aliphatic hydroxyl groups excluding tert-OH is 1. The van der Waals surface area contributed by atoms with E-state index in [4.69, 9.17) is 4.74 Å². The van der Waals surface area contributed by atoms with Gasteiger partial charge in [-0.3, -0.25) is 4.79 Å². The molecule has 1 amide bonds. The Bertz CT molecular complexity index is 381. The van der Waals surface area contributed by atoms with Crippen molar-refractivity contribution in [2.45, 2.75) is 83.5 Å². The zero-order valence-electron chi connectivity index (χ0n) is 15.7. The molecule has 1 saturated carbocycles. The second kappa shape index (κ2) is 9.16. The Balaban J connectivity index is 1.63. The lowest BCUT2D eigenvalue weighted by atomic mass is 9.88. The topological polar surface area (TPSA) is 61.8 Å². The summed E-state index contributed by atoms with van der Waals surface area (Å²) in [5.74, 6) is 0.514. The number of nitrogens with zero attached hydrogens (tertiary/aromatic N) is 1. The largest absolute Gasteiger partial charge is 0.389 e. The molecule has 1 aliphatic carbocycles. The van der Waals surface area contributed by atoms with E-state index < -0.39 is 6.10 Å². The van der Waals surface area contributed by atoms with Gasteiger partial charge in [0.05, 0.1) is 18.3 Å². The van der Waals surface area contributed by atoms with Crippen LogP contribution in [-0.4, -0.2) is 59.9 Å². The summed E-state index contributed by atoms with van der Waals surface area (Å²) in [5.41, 5.74) is -0.211. The van der Waals surface area contributed by atoms with Gasteiger partial charge >= 0.3 is 0 Å². The summed E-state index contributed by atoms with van der Waals surface area (Å²) in [6, 6.07) is 0.304. The summed E-state index contributed by atoms with van der Waals surface area (Å²) < 4.78 is 5.64. The van der Waals surface area contributed by atoms with Crippen LogP contribution < -0.4 is 5.32 Å². The number of aliphatic hydroxyl groups is 1. The van der Waals surface area contributed by atoms with Gasteiger partial charge in [-0.1, -0.05) is 19.3 Å². The molecule has 5 heteroatoms. The second-order valence-electron chi connectivity index (χ2n) is 8.50. The maximum Gasteiger partial charge on any atom is 0.223 e. The van der Waals surface area contributed by atoms with Crippen LogP contribution in [0.3, 0.4) is 0 Å². The molecule has 1 heterocycles. The smallest absolute Gasteiger partial charge is 0.223 e. The minimum absolute atomic E-state index is 0.211. The number of amides is 1. The number of β-amino-alcohol motifs (C(OH)–C–C–N with tert-alkyl or cyclic N) is 1. The molecule has 2 fully saturated rings. The van der Waals surface area contributed by atoms with E-state index in [1.54, 1.807) is 0 Å². The molecule has 5 nitrogen and oxygen atoms in total.